The molecule has 2 atom stereocenters. The van der Waals surface area contributed by atoms with E-state index in [0.717, 1.165) is 24.8 Å². The quantitative estimate of drug-likeness (QED) is 0.657. The normalized spacial score (nSPS) is 20.4. The van der Waals surface area contributed by atoms with Crippen LogP contribution in [0.2, 0.25) is 0 Å². The largest absolute Gasteiger partial charge is 0.396 e. The molecule has 5 rings (SSSR count). The number of nitriles is 1. The molecule has 0 spiro atoms. The second-order valence-corrected chi connectivity index (χ2v) is 7.77. The number of benzene rings is 2. The van der Waals surface area contributed by atoms with Crippen LogP contribution in [0, 0.1) is 23.0 Å². The van der Waals surface area contributed by atoms with Gasteiger partial charge in [0, 0.05) is 24.2 Å². The molecule has 3 N–H and O–H groups in total. The molecule has 2 aliphatic carbocycles. The molecule has 1 heterocycles. The van der Waals surface area contributed by atoms with E-state index in [1.165, 1.54) is 6.20 Å². The number of pyridine rings is 1. The molecule has 5 nitrogen and oxygen atoms in total. The lowest BCUT2D eigenvalue weighted by Crippen LogP contribution is -2.18. The van der Waals surface area contributed by atoms with Gasteiger partial charge in [-0.3, -0.25) is 4.79 Å². The first-order valence-electron chi connectivity index (χ1n) is 9.58. The highest BCUT2D eigenvalue weighted by atomic mass is 19.1. The standard InChI is InChI=1S/C22H18F2N4O/c23-17-19(26)16-21(28(13-6-7-13)10-12(9-25)22(16)29)18(24)20(17)27-15-8-14(15)11-4-2-1-3-5-11/h1-5,10,13-15,27H,6-8,26H2. The highest BCUT2D eigenvalue weighted by Crippen LogP contribution is 2.45. The van der Waals surface area contributed by atoms with Gasteiger partial charge in [0.1, 0.15) is 17.3 Å². The Morgan fingerprint density at radius 1 is 1.17 bits per heavy atom. The summed E-state index contributed by atoms with van der Waals surface area (Å²) in [6.45, 7) is 0. The number of aromatic nitrogens is 1. The summed E-state index contributed by atoms with van der Waals surface area (Å²) in [7, 11) is 0. The molecule has 2 unspecified atom stereocenters. The Balaban J connectivity index is 1.63. The van der Waals surface area contributed by atoms with E-state index in [9.17, 15) is 10.1 Å². The summed E-state index contributed by atoms with van der Waals surface area (Å²) >= 11 is 0. The van der Waals surface area contributed by atoms with Gasteiger partial charge < -0.3 is 15.6 Å². The van der Waals surface area contributed by atoms with E-state index < -0.39 is 22.8 Å². The van der Waals surface area contributed by atoms with Gasteiger partial charge in [-0.15, -0.1) is 0 Å². The highest BCUT2D eigenvalue weighted by Gasteiger charge is 2.40. The Morgan fingerprint density at radius 2 is 1.90 bits per heavy atom. The van der Waals surface area contributed by atoms with Crippen LogP contribution in [0.25, 0.3) is 10.9 Å². The fourth-order valence-electron chi connectivity index (χ4n) is 4.02. The third-order valence-corrected chi connectivity index (χ3v) is 5.80. The second kappa shape index (κ2) is 6.31. The maximum Gasteiger partial charge on any atom is 0.209 e. The minimum Gasteiger partial charge on any atom is -0.396 e. The highest BCUT2D eigenvalue weighted by molar-refractivity contribution is 5.95. The van der Waals surface area contributed by atoms with Crippen LogP contribution in [0.4, 0.5) is 20.2 Å². The van der Waals surface area contributed by atoms with Crippen molar-refractivity contribution in [3.63, 3.8) is 0 Å². The number of anilines is 2. The molecule has 7 heteroatoms. The van der Waals surface area contributed by atoms with Gasteiger partial charge in [0.15, 0.2) is 11.6 Å². The minimum absolute atomic E-state index is 0.0181. The topological polar surface area (TPSA) is 83.8 Å². The first-order valence-corrected chi connectivity index (χ1v) is 9.58. The zero-order valence-electron chi connectivity index (χ0n) is 15.5. The number of halogens is 2. The molecule has 1 aromatic heterocycles. The monoisotopic (exact) mass is 392 g/mol. The van der Waals surface area contributed by atoms with Crippen molar-refractivity contribution in [1.29, 1.82) is 5.26 Å². The lowest BCUT2D eigenvalue weighted by atomic mass is 10.1. The maximum absolute atomic E-state index is 15.5. The molecule has 2 aromatic carbocycles. The molecular formula is C22H18F2N4O. The number of hydrogen-bond acceptors (Lipinski definition) is 4. The molecule has 0 aliphatic heterocycles. The van der Waals surface area contributed by atoms with Gasteiger partial charge in [-0.05, 0) is 24.8 Å². The lowest BCUT2D eigenvalue weighted by molar-refractivity contribution is 0.590. The van der Waals surface area contributed by atoms with E-state index >= 15 is 8.78 Å². The summed E-state index contributed by atoms with van der Waals surface area (Å²) in [5.41, 5.74) is 5.38. The summed E-state index contributed by atoms with van der Waals surface area (Å²) in [5.74, 6) is -1.65. The summed E-state index contributed by atoms with van der Waals surface area (Å²) in [6, 6.07) is 11.4. The lowest BCUT2D eigenvalue weighted by Gasteiger charge is -2.17. The van der Waals surface area contributed by atoms with Gasteiger partial charge >= 0.3 is 0 Å². The Labute approximate surface area is 165 Å². The SMILES string of the molecule is N#Cc1cn(C2CC2)c2c(F)c(NC3CC3c3ccccc3)c(F)c(N)c2c1=O. The Hall–Kier alpha value is -3.40. The van der Waals surface area contributed by atoms with Crippen LogP contribution >= 0.6 is 0 Å². The molecule has 0 radical (unpaired) electrons. The van der Waals surface area contributed by atoms with Gasteiger partial charge in [0.05, 0.1) is 16.6 Å². The number of nitrogen functional groups attached to an aromatic ring is 1. The van der Waals surface area contributed by atoms with Crippen molar-refractivity contribution in [2.45, 2.75) is 37.3 Å². The van der Waals surface area contributed by atoms with Crippen LogP contribution in [0.15, 0.2) is 41.3 Å². The third-order valence-electron chi connectivity index (χ3n) is 5.80. The predicted molar refractivity (Wildman–Crippen MR) is 107 cm³/mol. The number of hydrogen-bond donors (Lipinski definition) is 2. The van der Waals surface area contributed by atoms with Crippen molar-refractivity contribution in [3.05, 3.63) is 69.5 Å². The van der Waals surface area contributed by atoms with Gasteiger partial charge in [0.25, 0.3) is 0 Å². The van der Waals surface area contributed by atoms with Crippen LogP contribution < -0.4 is 16.5 Å². The van der Waals surface area contributed by atoms with Crippen molar-refractivity contribution >= 4 is 22.3 Å². The van der Waals surface area contributed by atoms with Crippen molar-refractivity contribution in [1.82, 2.24) is 4.57 Å². The Bertz CT molecular complexity index is 1240. The fourth-order valence-corrected chi connectivity index (χ4v) is 4.02. The third kappa shape index (κ3) is 2.75. The zero-order chi connectivity index (χ0) is 20.3. The molecule has 2 saturated carbocycles. The Morgan fingerprint density at radius 3 is 2.55 bits per heavy atom. The number of fused-ring (bicyclic) bond motifs is 1. The number of nitrogens with zero attached hydrogens (tertiary/aromatic N) is 2. The summed E-state index contributed by atoms with van der Waals surface area (Å²) in [4.78, 5) is 12.6. The number of nitrogens with two attached hydrogens (primary N) is 1. The van der Waals surface area contributed by atoms with E-state index in [2.05, 4.69) is 5.32 Å². The smallest absolute Gasteiger partial charge is 0.209 e. The molecule has 3 aromatic rings. The number of nitrogens with one attached hydrogen (secondary N) is 1. The van der Waals surface area contributed by atoms with E-state index in [-0.39, 0.29) is 40.2 Å². The first kappa shape index (κ1) is 17.7. The van der Waals surface area contributed by atoms with Crippen molar-refractivity contribution in [2.75, 3.05) is 11.1 Å². The number of rotatable bonds is 4. The molecule has 29 heavy (non-hydrogen) atoms. The first-order chi connectivity index (χ1) is 14.0. The fraction of sp³-hybridized carbons (Fsp3) is 0.273. The van der Waals surface area contributed by atoms with Gasteiger partial charge in [0.2, 0.25) is 5.43 Å². The van der Waals surface area contributed by atoms with E-state index in [1.54, 1.807) is 4.57 Å². The maximum atomic E-state index is 15.5. The van der Waals surface area contributed by atoms with E-state index in [4.69, 9.17) is 5.73 Å². The average molecular weight is 392 g/mol. The zero-order valence-corrected chi connectivity index (χ0v) is 15.5. The van der Waals surface area contributed by atoms with Crippen molar-refractivity contribution in [3.8, 4) is 6.07 Å². The van der Waals surface area contributed by atoms with E-state index in [1.807, 2.05) is 36.4 Å². The predicted octanol–water partition coefficient (Wildman–Crippen LogP) is 4.04. The molecule has 0 bridgehead atoms. The van der Waals surface area contributed by atoms with Gasteiger partial charge in [-0.1, -0.05) is 30.3 Å². The van der Waals surface area contributed by atoms with Gasteiger partial charge in [-0.25, -0.2) is 8.78 Å². The van der Waals surface area contributed by atoms with Crippen LogP contribution in [0.1, 0.15) is 42.3 Å². The minimum atomic E-state index is -0.983. The summed E-state index contributed by atoms with van der Waals surface area (Å²) in [6.07, 6.45) is 3.72. The van der Waals surface area contributed by atoms with E-state index in [0.29, 0.717) is 0 Å². The molecule has 0 amide bonds. The van der Waals surface area contributed by atoms with Crippen molar-refractivity contribution < 1.29 is 8.78 Å². The molecule has 146 valence electrons. The molecule has 0 saturated heterocycles. The molecule has 2 fully saturated rings. The summed E-state index contributed by atoms with van der Waals surface area (Å²) in [5, 5.41) is 11.9. The van der Waals surface area contributed by atoms with Crippen LogP contribution in [-0.4, -0.2) is 10.6 Å². The second-order valence-electron chi connectivity index (χ2n) is 7.77. The summed E-state index contributed by atoms with van der Waals surface area (Å²) < 4.78 is 32.1. The van der Waals surface area contributed by atoms with Gasteiger partial charge in [-0.2, -0.15) is 5.26 Å². The molecular weight excluding hydrogens is 374 g/mol. The van der Waals surface area contributed by atoms with Crippen molar-refractivity contribution in [2.24, 2.45) is 0 Å². The Kier molecular flexibility index (Phi) is 3.85. The van der Waals surface area contributed by atoms with Crippen LogP contribution in [0.5, 0.6) is 0 Å². The molecule has 2 aliphatic rings. The van der Waals surface area contributed by atoms with Crippen LogP contribution in [-0.2, 0) is 0 Å². The van der Waals surface area contributed by atoms with Crippen LogP contribution in [0.3, 0.4) is 0 Å². The average Bonchev–Trinajstić information content (AvgIpc) is 3.64.